The summed E-state index contributed by atoms with van der Waals surface area (Å²) >= 11 is 0. The third-order valence-corrected chi connectivity index (χ3v) is 4.39. The van der Waals surface area contributed by atoms with Crippen molar-refractivity contribution in [3.63, 3.8) is 0 Å². The summed E-state index contributed by atoms with van der Waals surface area (Å²) in [5.74, 6) is 0.443. The van der Waals surface area contributed by atoms with Crippen molar-refractivity contribution in [3.05, 3.63) is 53.4 Å². The third-order valence-electron chi connectivity index (χ3n) is 4.39. The predicted octanol–water partition coefficient (Wildman–Crippen LogP) is 4.09. The van der Waals surface area contributed by atoms with Gasteiger partial charge in [0.25, 0.3) is 0 Å². The Morgan fingerprint density at radius 3 is 2.65 bits per heavy atom. The van der Waals surface area contributed by atoms with Crippen LogP contribution in [-0.4, -0.2) is 15.7 Å². The number of carbonyl (C=O) groups excluding carboxylic acids is 1. The number of anilines is 1. The second-order valence-corrected chi connectivity index (χ2v) is 6.31. The second kappa shape index (κ2) is 6.41. The number of aryl methyl sites for hydroxylation is 2. The van der Waals surface area contributed by atoms with E-state index >= 15 is 0 Å². The Morgan fingerprint density at radius 1 is 1.26 bits per heavy atom. The average Bonchev–Trinajstić information content (AvgIpc) is 3.12. The Balaban J connectivity index is 1.78. The van der Waals surface area contributed by atoms with Crippen LogP contribution in [0, 0.1) is 26.7 Å². The standard InChI is InChI=1S/C19H23N3O/c1-13-8-10-17(11-9-13)22-15(3)19(14(2)21-22)20-18(23)12-16-6-4-5-7-16/h4,6,8-11,16H,5,7,12H2,1-3H3,(H,20,23). The lowest BCUT2D eigenvalue weighted by Gasteiger charge is -2.09. The lowest BCUT2D eigenvalue weighted by molar-refractivity contribution is -0.116. The molecule has 4 heteroatoms. The molecule has 1 N–H and O–H groups in total. The second-order valence-electron chi connectivity index (χ2n) is 6.31. The lowest BCUT2D eigenvalue weighted by atomic mass is 10.0. The average molecular weight is 309 g/mol. The summed E-state index contributed by atoms with van der Waals surface area (Å²) in [5, 5.41) is 7.63. The number of nitrogens with one attached hydrogen (secondary N) is 1. The number of hydrogen-bond acceptors (Lipinski definition) is 2. The number of hydrogen-bond donors (Lipinski definition) is 1. The highest BCUT2D eigenvalue weighted by Crippen LogP contribution is 2.25. The van der Waals surface area contributed by atoms with Gasteiger partial charge in [0.15, 0.2) is 0 Å². The molecule has 1 aliphatic carbocycles. The highest BCUT2D eigenvalue weighted by atomic mass is 16.1. The first-order valence-electron chi connectivity index (χ1n) is 8.14. The third kappa shape index (κ3) is 3.36. The predicted molar refractivity (Wildman–Crippen MR) is 92.9 cm³/mol. The first kappa shape index (κ1) is 15.5. The highest BCUT2D eigenvalue weighted by molar-refractivity contribution is 5.92. The van der Waals surface area contributed by atoms with Crippen LogP contribution in [0.2, 0.25) is 0 Å². The minimum Gasteiger partial charge on any atom is -0.323 e. The van der Waals surface area contributed by atoms with Crippen molar-refractivity contribution in [2.24, 2.45) is 5.92 Å². The molecule has 0 aliphatic heterocycles. The van der Waals surface area contributed by atoms with E-state index in [1.54, 1.807) is 0 Å². The van der Waals surface area contributed by atoms with Gasteiger partial charge in [-0.2, -0.15) is 5.10 Å². The Morgan fingerprint density at radius 2 is 2.00 bits per heavy atom. The number of rotatable bonds is 4. The van der Waals surface area contributed by atoms with Crippen LogP contribution in [0.4, 0.5) is 5.69 Å². The molecular weight excluding hydrogens is 286 g/mol. The summed E-state index contributed by atoms with van der Waals surface area (Å²) in [4.78, 5) is 12.3. The maximum atomic E-state index is 12.3. The van der Waals surface area contributed by atoms with Crippen LogP contribution < -0.4 is 5.32 Å². The summed E-state index contributed by atoms with van der Waals surface area (Å²) in [6, 6.07) is 8.22. The topological polar surface area (TPSA) is 46.9 Å². The summed E-state index contributed by atoms with van der Waals surface area (Å²) in [5.41, 5.74) is 4.86. The minimum absolute atomic E-state index is 0.0659. The molecule has 1 unspecified atom stereocenters. The highest BCUT2D eigenvalue weighted by Gasteiger charge is 2.18. The molecule has 1 aliphatic rings. The molecule has 23 heavy (non-hydrogen) atoms. The van der Waals surface area contributed by atoms with Crippen molar-refractivity contribution in [2.45, 2.75) is 40.0 Å². The zero-order valence-corrected chi connectivity index (χ0v) is 14.0. The van der Waals surface area contributed by atoms with Crippen molar-refractivity contribution < 1.29 is 4.79 Å². The van der Waals surface area contributed by atoms with Crippen molar-refractivity contribution >= 4 is 11.6 Å². The Labute approximate surface area is 137 Å². The van der Waals surface area contributed by atoms with E-state index in [4.69, 9.17) is 0 Å². The van der Waals surface area contributed by atoms with Gasteiger partial charge in [-0.3, -0.25) is 4.79 Å². The zero-order chi connectivity index (χ0) is 16.4. The van der Waals surface area contributed by atoms with Crippen molar-refractivity contribution in [1.82, 2.24) is 9.78 Å². The molecule has 0 bridgehead atoms. The maximum Gasteiger partial charge on any atom is 0.225 e. The van der Waals surface area contributed by atoms with E-state index in [1.165, 1.54) is 5.56 Å². The van der Waals surface area contributed by atoms with Gasteiger partial charge in [-0.1, -0.05) is 29.8 Å². The van der Waals surface area contributed by atoms with Crippen molar-refractivity contribution in [2.75, 3.05) is 5.32 Å². The van der Waals surface area contributed by atoms with E-state index in [9.17, 15) is 4.79 Å². The fraction of sp³-hybridized carbons (Fsp3) is 0.368. The van der Waals surface area contributed by atoms with Crippen LogP contribution in [0.25, 0.3) is 5.69 Å². The number of aromatic nitrogens is 2. The quantitative estimate of drug-likeness (QED) is 0.865. The van der Waals surface area contributed by atoms with E-state index in [0.717, 1.165) is 35.6 Å². The Kier molecular flexibility index (Phi) is 4.33. The van der Waals surface area contributed by atoms with Gasteiger partial charge in [0, 0.05) is 6.42 Å². The van der Waals surface area contributed by atoms with Gasteiger partial charge in [0.05, 0.1) is 22.8 Å². The van der Waals surface area contributed by atoms with E-state index in [2.05, 4.69) is 41.6 Å². The van der Waals surface area contributed by atoms with Gasteiger partial charge < -0.3 is 5.32 Å². The molecule has 0 saturated heterocycles. The number of amides is 1. The number of carbonyl (C=O) groups is 1. The lowest BCUT2D eigenvalue weighted by Crippen LogP contribution is -2.15. The largest absolute Gasteiger partial charge is 0.323 e. The number of allylic oxidation sites excluding steroid dienone is 2. The van der Waals surface area contributed by atoms with Crippen LogP contribution >= 0.6 is 0 Å². The smallest absolute Gasteiger partial charge is 0.225 e. The van der Waals surface area contributed by atoms with Crippen LogP contribution in [0.3, 0.4) is 0 Å². The molecule has 3 rings (SSSR count). The molecule has 0 radical (unpaired) electrons. The van der Waals surface area contributed by atoms with Gasteiger partial charge in [-0.25, -0.2) is 4.68 Å². The normalized spacial score (nSPS) is 16.7. The molecule has 1 aromatic heterocycles. The van der Waals surface area contributed by atoms with Crippen molar-refractivity contribution in [1.29, 1.82) is 0 Å². The zero-order valence-electron chi connectivity index (χ0n) is 14.0. The van der Waals surface area contributed by atoms with Gasteiger partial charge in [0.2, 0.25) is 5.91 Å². The molecule has 0 saturated carbocycles. The van der Waals surface area contributed by atoms with Gasteiger partial charge in [-0.05, 0) is 51.7 Å². The van der Waals surface area contributed by atoms with E-state index in [0.29, 0.717) is 12.3 Å². The maximum absolute atomic E-state index is 12.3. The SMILES string of the molecule is Cc1ccc(-n2nc(C)c(NC(=O)CC3C=CCC3)c2C)cc1. The van der Waals surface area contributed by atoms with Crippen molar-refractivity contribution in [3.8, 4) is 5.69 Å². The van der Waals surface area contributed by atoms with Gasteiger partial charge in [-0.15, -0.1) is 0 Å². The number of benzene rings is 1. The van der Waals surface area contributed by atoms with Crippen LogP contribution in [0.15, 0.2) is 36.4 Å². The van der Waals surface area contributed by atoms with E-state index < -0.39 is 0 Å². The molecule has 1 heterocycles. The minimum atomic E-state index is 0.0659. The summed E-state index contributed by atoms with van der Waals surface area (Å²) in [7, 11) is 0. The number of nitrogens with zero attached hydrogens (tertiary/aromatic N) is 2. The van der Waals surface area contributed by atoms with Gasteiger partial charge in [0.1, 0.15) is 0 Å². The molecule has 120 valence electrons. The monoisotopic (exact) mass is 309 g/mol. The molecule has 1 aromatic carbocycles. The molecule has 4 nitrogen and oxygen atoms in total. The Hall–Kier alpha value is -2.36. The van der Waals surface area contributed by atoms with E-state index in [1.807, 2.05) is 30.7 Å². The van der Waals surface area contributed by atoms with E-state index in [-0.39, 0.29) is 5.91 Å². The molecule has 2 aromatic rings. The first-order chi connectivity index (χ1) is 11.0. The molecular formula is C19H23N3O. The fourth-order valence-electron chi connectivity index (χ4n) is 3.05. The first-order valence-corrected chi connectivity index (χ1v) is 8.14. The van der Waals surface area contributed by atoms with Crippen LogP contribution in [-0.2, 0) is 4.79 Å². The fourth-order valence-corrected chi connectivity index (χ4v) is 3.05. The summed E-state index contributed by atoms with van der Waals surface area (Å²) in [6.45, 7) is 5.99. The van der Waals surface area contributed by atoms with Gasteiger partial charge >= 0.3 is 0 Å². The summed E-state index contributed by atoms with van der Waals surface area (Å²) < 4.78 is 1.89. The summed E-state index contributed by atoms with van der Waals surface area (Å²) in [6.07, 6.45) is 7.01. The van der Waals surface area contributed by atoms with Crippen LogP contribution in [0.1, 0.15) is 36.2 Å². The molecule has 0 spiro atoms. The van der Waals surface area contributed by atoms with Crippen LogP contribution in [0.5, 0.6) is 0 Å². The molecule has 1 amide bonds. The Bertz CT molecular complexity index is 741. The molecule has 0 fully saturated rings. The molecule has 1 atom stereocenters.